The third-order valence-electron chi connectivity index (χ3n) is 3.18. The third kappa shape index (κ3) is 3.03. The Morgan fingerprint density at radius 1 is 1.59 bits per heavy atom. The van der Waals surface area contributed by atoms with E-state index in [4.69, 9.17) is 0 Å². The normalized spacial score (nSPS) is 19.2. The number of nitrogens with one attached hydrogen (secondary N) is 1. The smallest absolute Gasteiger partial charge is 0.227 e. The number of hydrogen-bond acceptors (Lipinski definition) is 3. The lowest BCUT2D eigenvalue weighted by Gasteiger charge is -2.23. The van der Waals surface area contributed by atoms with E-state index in [1.165, 1.54) is 0 Å². The lowest BCUT2D eigenvalue weighted by molar-refractivity contribution is -0.135. The van der Waals surface area contributed by atoms with Crippen LogP contribution in [0.3, 0.4) is 0 Å². The van der Waals surface area contributed by atoms with Crippen LogP contribution in [0.25, 0.3) is 0 Å². The van der Waals surface area contributed by atoms with Gasteiger partial charge in [0.15, 0.2) is 0 Å². The molecule has 1 aliphatic heterocycles. The predicted octanol–water partition coefficient (Wildman–Crippen LogP) is 1.04. The van der Waals surface area contributed by atoms with Crippen molar-refractivity contribution < 1.29 is 4.79 Å². The van der Waals surface area contributed by atoms with Gasteiger partial charge in [0.05, 0.1) is 18.2 Å². The zero-order chi connectivity index (χ0) is 12.1. The Morgan fingerprint density at radius 3 is 3.06 bits per heavy atom. The van der Waals surface area contributed by atoms with Crippen molar-refractivity contribution in [1.82, 2.24) is 15.2 Å². The van der Waals surface area contributed by atoms with Gasteiger partial charge in [-0.05, 0) is 32.0 Å². The Labute approximate surface area is 102 Å². The van der Waals surface area contributed by atoms with Crippen molar-refractivity contribution in [2.45, 2.75) is 19.9 Å². The van der Waals surface area contributed by atoms with Crippen LogP contribution in [-0.2, 0) is 11.3 Å². The number of nitrogens with zero attached hydrogens (tertiary/aromatic N) is 2. The first-order valence-electron chi connectivity index (χ1n) is 6.20. The van der Waals surface area contributed by atoms with Gasteiger partial charge in [0.2, 0.25) is 5.91 Å². The number of aromatic nitrogens is 1. The number of pyridine rings is 1. The summed E-state index contributed by atoms with van der Waals surface area (Å²) in [7, 11) is 0. The SMILES string of the molecule is CCN(Cc1ccccn1)C(=O)C1CCNC1. The summed E-state index contributed by atoms with van der Waals surface area (Å²) >= 11 is 0. The largest absolute Gasteiger partial charge is 0.337 e. The Bertz CT molecular complexity index is 360. The number of amides is 1. The standard InChI is InChI=1S/C13H19N3O/c1-2-16(10-12-5-3-4-7-15-12)13(17)11-6-8-14-9-11/h3-5,7,11,14H,2,6,8-10H2,1H3. The summed E-state index contributed by atoms with van der Waals surface area (Å²) in [5.74, 6) is 0.404. The number of carbonyl (C=O) groups excluding carboxylic acids is 1. The molecule has 2 heterocycles. The Hall–Kier alpha value is -1.42. The lowest BCUT2D eigenvalue weighted by Crippen LogP contribution is -2.36. The quantitative estimate of drug-likeness (QED) is 0.845. The van der Waals surface area contributed by atoms with E-state index in [-0.39, 0.29) is 11.8 Å². The maximum absolute atomic E-state index is 12.2. The molecular weight excluding hydrogens is 214 g/mol. The van der Waals surface area contributed by atoms with Gasteiger partial charge in [0.25, 0.3) is 0 Å². The van der Waals surface area contributed by atoms with Gasteiger partial charge in [0, 0.05) is 19.3 Å². The van der Waals surface area contributed by atoms with Crippen LogP contribution in [0.5, 0.6) is 0 Å². The van der Waals surface area contributed by atoms with Gasteiger partial charge < -0.3 is 10.2 Å². The van der Waals surface area contributed by atoms with E-state index in [1.807, 2.05) is 30.0 Å². The zero-order valence-electron chi connectivity index (χ0n) is 10.2. The van der Waals surface area contributed by atoms with E-state index in [9.17, 15) is 4.79 Å². The summed E-state index contributed by atoms with van der Waals surface area (Å²) in [6.45, 7) is 5.15. The van der Waals surface area contributed by atoms with Crippen molar-refractivity contribution in [3.8, 4) is 0 Å². The molecular formula is C13H19N3O. The minimum Gasteiger partial charge on any atom is -0.337 e. The molecule has 1 saturated heterocycles. The molecule has 17 heavy (non-hydrogen) atoms. The van der Waals surface area contributed by atoms with Crippen LogP contribution < -0.4 is 5.32 Å². The molecule has 4 nitrogen and oxygen atoms in total. The summed E-state index contributed by atoms with van der Waals surface area (Å²) in [5.41, 5.74) is 0.952. The van der Waals surface area contributed by atoms with Crippen molar-refractivity contribution in [3.05, 3.63) is 30.1 Å². The van der Waals surface area contributed by atoms with Crippen LogP contribution in [0.15, 0.2) is 24.4 Å². The number of hydrogen-bond donors (Lipinski definition) is 1. The van der Waals surface area contributed by atoms with Crippen LogP contribution in [0.2, 0.25) is 0 Å². The highest BCUT2D eigenvalue weighted by Gasteiger charge is 2.26. The maximum Gasteiger partial charge on any atom is 0.227 e. The summed E-state index contributed by atoms with van der Waals surface area (Å²) in [5, 5.41) is 3.23. The van der Waals surface area contributed by atoms with Crippen LogP contribution in [-0.4, -0.2) is 35.4 Å². The lowest BCUT2D eigenvalue weighted by atomic mass is 10.1. The van der Waals surface area contributed by atoms with Crippen molar-refractivity contribution in [3.63, 3.8) is 0 Å². The van der Waals surface area contributed by atoms with Gasteiger partial charge in [-0.25, -0.2) is 0 Å². The van der Waals surface area contributed by atoms with Gasteiger partial charge in [-0.15, -0.1) is 0 Å². The van der Waals surface area contributed by atoms with Crippen LogP contribution in [0.4, 0.5) is 0 Å². The maximum atomic E-state index is 12.2. The second kappa shape index (κ2) is 5.77. The molecule has 92 valence electrons. The Balaban J connectivity index is 1.98. The highest BCUT2D eigenvalue weighted by molar-refractivity contribution is 5.79. The minimum atomic E-state index is 0.152. The Kier molecular flexibility index (Phi) is 4.09. The first-order chi connectivity index (χ1) is 8.31. The molecule has 1 unspecified atom stereocenters. The molecule has 0 aliphatic carbocycles. The molecule has 2 rings (SSSR count). The van der Waals surface area contributed by atoms with Gasteiger partial charge in [0.1, 0.15) is 0 Å². The van der Waals surface area contributed by atoms with E-state index < -0.39 is 0 Å². The van der Waals surface area contributed by atoms with E-state index in [0.29, 0.717) is 6.54 Å². The fourth-order valence-corrected chi connectivity index (χ4v) is 2.16. The molecule has 1 aliphatic rings. The van der Waals surface area contributed by atoms with Crippen molar-refractivity contribution in [1.29, 1.82) is 0 Å². The molecule has 0 spiro atoms. The van der Waals surface area contributed by atoms with E-state index in [2.05, 4.69) is 10.3 Å². The molecule has 1 aromatic heterocycles. The van der Waals surface area contributed by atoms with Gasteiger partial charge >= 0.3 is 0 Å². The van der Waals surface area contributed by atoms with Crippen molar-refractivity contribution in [2.24, 2.45) is 5.92 Å². The molecule has 1 atom stereocenters. The monoisotopic (exact) mass is 233 g/mol. The first-order valence-corrected chi connectivity index (χ1v) is 6.20. The summed E-state index contributed by atoms with van der Waals surface area (Å²) in [4.78, 5) is 18.4. The highest BCUT2D eigenvalue weighted by Crippen LogP contribution is 2.13. The molecule has 0 aromatic carbocycles. The predicted molar refractivity (Wildman–Crippen MR) is 66.3 cm³/mol. The molecule has 0 bridgehead atoms. The average Bonchev–Trinajstić information content (AvgIpc) is 2.90. The van der Waals surface area contributed by atoms with Crippen LogP contribution in [0, 0.1) is 5.92 Å². The first kappa shape index (κ1) is 12.0. The zero-order valence-corrected chi connectivity index (χ0v) is 10.2. The second-order valence-electron chi connectivity index (χ2n) is 4.36. The summed E-state index contributed by atoms with van der Waals surface area (Å²) in [6, 6.07) is 5.81. The summed E-state index contributed by atoms with van der Waals surface area (Å²) in [6.07, 6.45) is 2.72. The summed E-state index contributed by atoms with van der Waals surface area (Å²) < 4.78 is 0. The van der Waals surface area contributed by atoms with E-state index in [1.54, 1.807) is 6.20 Å². The van der Waals surface area contributed by atoms with E-state index in [0.717, 1.165) is 31.7 Å². The second-order valence-corrected chi connectivity index (χ2v) is 4.36. The molecule has 1 amide bonds. The van der Waals surface area contributed by atoms with Crippen LogP contribution >= 0.6 is 0 Å². The molecule has 1 aromatic rings. The molecule has 0 saturated carbocycles. The molecule has 1 fully saturated rings. The topological polar surface area (TPSA) is 45.2 Å². The van der Waals surface area contributed by atoms with Gasteiger partial charge in [-0.1, -0.05) is 6.07 Å². The van der Waals surface area contributed by atoms with Gasteiger partial charge in [-0.3, -0.25) is 9.78 Å². The Morgan fingerprint density at radius 2 is 2.47 bits per heavy atom. The van der Waals surface area contributed by atoms with E-state index >= 15 is 0 Å². The van der Waals surface area contributed by atoms with Gasteiger partial charge in [-0.2, -0.15) is 0 Å². The number of rotatable bonds is 4. The molecule has 4 heteroatoms. The fourth-order valence-electron chi connectivity index (χ4n) is 2.16. The molecule has 1 N–H and O–H groups in total. The molecule has 0 radical (unpaired) electrons. The fraction of sp³-hybridized carbons (Fsp3) is 0.538. The third-order valence-corrected chi connectivity index (χ3v) is 3.18. The minimum absolute atomic E-state index is 0.152. The van der Waals surface area contributed by atoms with Crippen molar-refractivity contribution in [2.75, 3.05) is 19.6 Å². The average molecular weight is 233 g/mol. The van der Waals surface area contributed by atoms with Crippen molar-refractivity contribution >= 4 is 5.91 Å². The highest BCUT2D eigenvalue weighted by atomic mass is 16.2. The van der Waals surface area contributed by atoms with Crippen LogP contribution in [0.1, 0.15) is 19.0 Å². The number of carbonyl (C=O) groups is 1.